The first-order valence-electron chi connectivity index (χ1n) is 4.53. The Morgan fingerprint density at radius 1 is 1.43 bits per heavy atom. The molecule has 0 aromatic carbocycles. The molecule has 0 aliphatic carbocycles. The summed E-state index contributed by atoms with van der Waals surface area (Å²) in [6.45, 7) is 0.967. The highest BCUT2D eigenvalue weighted by Gasteiger charge is 2.44. The van der Waals surface area contributed by atoms with Crippen molar-refractivity contribution in [2.75, 3.05) is 13.1 Å². The molecule has 2 fully saturated rings. The van der Waals surface area contributed by atoms with Gasteiger partial charge in [-0.25, -0.2) is 0 Å². The molecule has 0 saturated carbocycles. The van der Waals surface area contributed by atoms with Gasteiger partial charge in [0, 0.05) is 13.1 Å². The van der Waals surface area contributed by atoms with Crippen LogP contribution in [0.4, 0.5) is 0 Å². The van der Waals surface area contributed by atoms with Crippen LogP contribution in [0.3, 0.4) is 0 Å². The third-order valence-electron chi connectivity index (χ3n) is 2.87. The predicted molar refractivity (Wildman–Crippen MR) is 48.2 cm³/mol. The van der Waals surface area contributed by atoms with Gasteiger partial charge in [0.2, 0.25) is 11.8 Å². The summed E-state index contributed by atoms with van der Waals surface area (Å²) in [5, 5.41) is 9.55. The molecule has 76 valence electrons. The van der Waals surface area contributed by atoms with E-state index in [4.69, 9.17) is 11.1 Å². The van der Waals surface area contributed by atoms with Gasteiger partial charge in [-0.1, -0.05) is 0 Å². The fourth-order valence-corrected chi connectivity index (χ4v) is 2.06. The predicted octanol–water partition coefficient (Wildman–Crippen LogP) is -1.53. The second kappa shape index (κ2) is 2.97. The minimum atomic E-state index is -0.319. The lowest BCUT2D eigenvalue weighted by Crippen LogP contribution is -2.47. The van der Waals surface area contributed by atoms with Gasteiger partial charge in [-0.05, 0) is 6.42 Å². The summed E-state index contributed by atoms with van der Waals surface area (Å²) in [6, 6.07) is 0. The molecule has 0 bridgehead atoms. The van der Waals surface area contributed by atoms with Crippen molar-refractivity contribution in [3.63, 3.8) is 0 Å². The smallest absolute Gasteiger partial charge is 0.232 e. The third-order valence-corrected chi connectivity index (χ3v) is 2.87. The Hall–Kier alpha value is -1.59. The van der Waals surface area contributed by atoms with Crippen molar-refractivity contribution in [3.05, 3.63) is 0 Å². The van der Waals surface area contributed by atoms with Gasteiger partial charge in [0.1, 0.15) is 0 Å². The first-order chi connectivity index (χ1) is 6.59. The largest absolute Gasteiger partial charge is 0.370 e. The Labute approximate surface area is 80.9 Å². The summed E-state index contributed by atoms with van der Waals surface area (Å²) in [5.74, 6) is -0.969. The monoisotopic (exact) mass is 196 g/mol. The minimum absolute atomic E-state index is 0.0319. The van der Waals surface area contributed by atoms with E-state index in [1.807, 2.05) is 0 Å². The second-order valence-corrected chi connectivity index (χ2v) is 3.69. The van der Waals surface area contributed by atoms with Crippen LogP contribution in [0.5, 0.6) is 0 Å². The lowest BCUT2D eigenvalue weighted by molar-refractivity contribution is -0.126. The van der Waals surface area contributed by atoms with Gasteiger partial charge in [0.25, 0.3) is 0 Å². The van der Waals surface area contributed by atoms with Crippen molar-refractivity contribution in [3.8, 4) is 0 Å². The summed E-state index contributed by atoms with van der Waals surface area (Å²) >= 11 is 0. The minimum Gasteiger partial charge on any atom is -0.370 e. The molecule has 0 aromatic heterocycles. The van der Waals surface area contributed by atoms with Crippen LogP contribution in [-0.2, 0) is 9.59 Å². The summed E-state index contributed by atoms with van der Waals surface area (Å²) in [5.41, 5.74) is 5.32. The zero-order valence-corrected chi connectivity index (χ0v) is 7.62. The number of amides is 2. The van der Waals surface area contributed by atoms with Crippen molar-refractivity contribution in [1.82, 2.24) is 10.2 Å². The van der Waals surface area contributed by atoms with Crippen LogP contribution in [0.1, 0.15) is 6.42 Å². The van der Waals surface area contributed by atoms with E-state index in [2.05, 4.69) is 5.32 Å². The average molecular weight is 196 g/mol. The Kier molecular flexibility index (Phi) is 1.90. The second-order valence-electron chi connectivity index (χ2n) is 3.69. The number of likely N-dealkylation sites (tertiary alicyclic amines) is 1. The molecular formula is C8H12N4O2. The zero-order chi connectivity index (χ0) is 10.3. The third kappa shape index (κ3) is 1.23. The van der Waals surface area contributed by atoms with Gasteiger partial charge >= 0.3 is 0 Å². The number of piperidine rings is 1. The van der Waals surface area contributed by atoms with Crippen LogP contribution in [0.25, 0.3) is 0 Å². The molecule has 2 aliphatic heterocycles. The summed E-state index contributed by atoms with van der Waals surface area (Å²) < 4.78 is 0. The van der Waals surface area contributed by atoms with E-state index in [1.165, 1.54) is 0 Å². The summed E-state index contributed by atoms with van der Waals surface area (Å²) in [6.07, 6.45) is 0.599. The Morgan fingerprint density at radius 3 is 2.71 bits per heavy atom. The van der Waals surface area contributed by atoms with Crippen LogP contribution in [0, 0.1) is 17.2 Å². The molecule has 0 aromatic rings. The van der Waals surface area contributed by atoms with E-state index in [1.54, 1.807) is 4.90 Å². The van der Waals surface area contributed by atoms with Gasteiger partial charge in [0.05, 0.1) is 11.8 Å². The number of imide groups is 1. The first kappa shape index (κ1) is 8.98. The number of hydrogen-bond acceptors (Lipinski definition) is 3. The molecule has 2 saturated heterocycles. The molecule has 2 heterocycles. The number of fused-ring (bicyclic) bond motifs is 1. The molecule has 6 heteroatoms. The van der Waals surface area contributed by atoms with Crippen LogP contribution >= 0.6 is 0 Å². The Balaban J connectivity index is 2.13. The average Bonchev–Trinajstić information content (AvgIpc) is 2.42. The number of carbonyl (C=O) groups excluding carboxylic acids is 2. The van der Waals surface area contributed by atoms with E-state index in [-0.39, 0.29) is 29.6 Å². The lowest BCUT2D eigenvalue weighted by Gasteiger charge is -2.32. The van der Waals surface area contributed by atoms with Crippen molar-refractivity contribution in [1.29, 1.82) is 5.41 Å². The normalized spacial score (nSPS) is 31.3. The number of nitrogens with zero attached hydrogens (tertiary/aromatic N) is 1. The number of guanidine groups is 1. The van der Waals surface area contributed by atoms with Gasteiger partial charge < -0.3 is 10.6 Å². The molecule has 0 radical (unpaired) electrons. The molecule has 2 amide bonds. The van der Waals surface area contributed by atoms with Gasteiger partial charge in [-0.2, -0.15) is 0 Å². The standard InChI is InChI=1S/C8H12N4O2/c9-8(10)12-2-1-4-5(3-12)7(14)11-6(4)13/h4-5H,1-3H2,(H3,9,10)(H,11,13,14)/t4-,5-/m1/s1. The molecule has 4 N–H and O–H groups in total. The van der Waals surface area contributed by atoms with E-state index in [9.17, 15) is 9.59 Å². The van der Waals surface area contributed by atoms with Crippen molar-refractivity contribution in [2.24, 2.45) is 17.6 Å². The first-order valence-corrected chi connectivity index (χ1v) is 4.53. The molecular weight excluding hydrogens is 184 g/mol. The maximum absolute atomic E-state index is 11.3. The molecule has 6 nitrogen and oxygen atoms in total. The maximum atomic E-state index is 11.3. The fourth-order valence-electron chi connectivity index (χ4n) is 2.06. The fraction of sp³-hybridized carbons (Fsp3) is 0.625. The van der Waals surface area contributed by atoms with E-state index >= 15 is 0 Å². The molecule has 2 atom stereocenters. The Bertz CT molecular complexity index is 314. The Morgan fingerprint density at radius 2 is 2.07 bits per heavy atom. The van der Waals surface area contributed by atoms with E-state index in [0.29, 0.717) is 19.5 Å². The van der Waals surface area contributed by atoms with Crippen LogP contribution < -0.4 is 11.1 Å². The lowest BCUT2D eigenvalue weighted by atomic mass is 9.88. The highest BCUT2D eigenvalue weighted by Crippen LogP contribution is 2.27. The number of carbonyl (C=O) groups is 2. The summed E-state index contributed by atoms with van der Waals surface area (Å²) in [4.78, 5) is 24.2. The highest BCUT2D eigenvalue weighted by atomic mass is 16.2. The van der Waals surface area contributed by atoms with Crippen molar-refractivity contribution >= 4 is 17.8 Å². The quantitative estimate of drug-likeness (QED) is 0.249. The van der Waals surface area contributed by atoms with E-state index in [0.717, 1.165) is 0 Å². The maximum Gasteiger partial charge on any atom is 0.232 e. The number of rotatable bonds is 0. The molecule has 14 heavy (non-hydrogen) atoms. The number of nitrogens with two attached hydrogens (primary N) is 1. The zero-order valence-electron chi connectivity index (χ0n) is 7.62. The molecule has 0 unspecified atom stereocenters. The molecule has 2 rings (SSSR count). The SMILES string of the molecule is N=C(N)N1CC[C@H]2C(=O)NC(=O)[C@@H]2C1. The summed E-state index contributed by atoms with van der Waals surface area (Å²) in [7, 11) is 0. The highest BCUT2D eigenvalue weighted by molar-refractivity contribution is 6.05. The molecule has 2 aliphatic rings. The van der Waals surface area contributed by atoms with E-state index < -0.39 is 0 Å². The van der Waals surface area contributed by atoms with Gasteiger partial charge in [-0.15, -0.1) is 0 Å². The number of nitrogens with one attached hydrogen (secondary N) is 2. The van der Waals surface area contributed by atoms with Gasteiger partial charge in [0.15, 0.2) is 5.96 Å². The van der Waals surface area contributed by atoms with Crippen molar-refractivity contribution in [2.45, 2.75) is 6.42 Å². The van der Waals surface area contributed by atoms with Crippen LogP contribution in [0.2, 0.25) is 0 Å². The number of hydrogen-bond donors (Lipinski definition) is 3. The molecule has 0 spiro atoms. The van der Waals surface area contributed by atoms with Crippen LogP contribution in [-0.4, -0.2) is 35.8 Å². The van der Waals surface area contributed by atoms with Crippen LogP contribution in [0.15, 0.2) is 0 Å². The topological polar surface area (TPSA) is 99.3 Å². The van der Waals surface area contributed by atoms with Gasteiger partial charge in [-0.3, -0.25) is 20.3 Å². The van der Waals surface area contributed by atoms with Crippen molar-refractivity contribution < 1.29 is 9.59 Å².